The van der Waals surface area contributed by atoms with Crippen LogP contribution in [-0.2, 0) is 19.1 Å². The Balaban J connectivity index is 1.52. The first kappa shape index (κ1) is 19.6. The third-order valence-electron chi connectivity index (χ3n) is 4.51. The third-order valence-corrected chi connectivity index (χ3v) is 6.17. The number of rotatable bonds is 5. The first-order chi connectivity index (χ1) is 13.0. The first-order valence-electron chi connectivity index (χ1n) is 8.79. The molecule has 6 nitrogen and oxygen atoms in total. The molecule has 0 radical (unpaired) electrons. The van der Waals surface area contributed by atoms with Gasteiger partial charge in [0.1, 0.15) is 4.88 Å². The largest absolute Gasteiger partial charge is 0.466 e. The molecule has 0 spiro atoms. The summed E-state index contributed by atoms with van der Waals surface area (Å²) in [5, 5.41) is 1.15. The van der Waals surface area contributed by atoms with Crippen molar-refractivity contribution in [1.29, 1.82) is 0 Å². The van der Waals surface area contributed by atoms with Crippen LogP contribution in [0.3, 0.4) is 0 Å². The van der Waals surface area contributed by atoms with Crippen LogP contribution in [0.15, 0.2) is 24.3 Å². The average molecular weight is 410 g/mol. The number of carbonyl (C=O) groups excluding carboxylic acids is 3. The fraction of sp³-hybridized carbons (Fsp3) is 0.421. The predicted octanol–water partition coefficient (Wildman–Crippen LogP) is 3.51. The van der Waals surface area contributed by atoms with E-state index < -0.39 is 5.97 Å². The average Bonchev–Trinajstić information content (AvgIpc) is 3.03. The lowest BCUT2D eigenvalue weighted by atomic mass is 9.97. The molecule has 0 aliphatic carbocycles. The van der Waals surface area contributed by atoms with Crippen molar-refractivity contribution in [3.05, 3.63) is 34.2 Å². The highest BCUT2D eigenvalue weighted by Crippen LogP contribution is 2.35. The van der Waals surface area contributed by atoms with Crippen molar-refractivity contribution in [3.63, 3.8) is 0 Å². The Kier molecular flexibility index (Phi) is 6.34. The molecule has 3 rings (SSSR count). The van der Waals surface area contributed by atoms with E-state index in [4.69, 9.17) is 21.1 Å². The lowest BCUT2D eigenvalue weighted by molar-refractivity contribution is -0.151. The van der Waals surface area contributed by atoms with Crippen LogP contribution < -0.4 is 0 Å². The minimum Gasteiger partial charge on any atom is -0.466 e. The normalized spacial score (nSPS) is 15.0. The number of halogens is 1. The zero-order chi connectivity index (χ0) is 19.4. The molecule has 27 heavy (non-hydrogen) atoms. The van der Waals surface area contributed by atoms with E-state index in [0.717, 1.165) is 10.1 Å². The summed E-state index contributed by atoms with van der Waals surface area (Å²) < 4.78 is 11.1. The molecule has 1 aromatic carbocycles. The number of carbonyl (C=O) groups is 3. The van der Waals surface area contributed by atoms with E-state index in [0.29, 0.717) is 42.4 Å². The Morgan fingerprint density at radius 2 is 1.89 bits per heavy atom. The van der Waals surface area contributed by atoms with Crippen molar-refractivity contribution < 1.29 is 23.9 Å². The van der Waals surface area contributed by atoms with Gasteiger partial charge in [0.2, 0.25) is 0 Å². The Morgan fingerprint density at radius 1 is 1.19 bits per heavy atom. The van der Waals surface area contributed by atoms with Crippen LogP contribution in [0.4, 0.5) is 0 Å². The zero-order valence-electron chi connectivity index (χ0n) is 14.9. The number of likely N-dealkylation sites (tertiary alicyclic amines) is 1. The molecule has 0 atom stereocenters. The monoisotopic (exact) mass is 409 g/mol. The maximum atomic E-state index is 12.3. The summed E-state index contributed by atoms with van der Waals surface area (Å²) in [7, 11) is 0. The Morgan fingerprint density at radius 3 is 2.56 bits per heavy atom. The van der Waals surface area contributed by atoms with Gasteiger partial charge in [-0.05, 0) is 25.8 Å². The SMILES string of the molecule is CCOC(=O)C1CCN(C(=O)COC(=O)c2sc3ccccc3c2Cl)CC1. The van der Waals surface area contributed by atoms with Crippen LogP contribution >= 0.6 is 22.9 Å². The van der Waals surface area contributed by atoms with Gasteiger partial charge in [-0.3, -0.25) is 9.59 Å². The molecule has 144 valence electrons. The molecule has 1 aliphatic rings. The number of thiophene rings is 1. The number of nitrogens with zero attached hydrogens (tertiary/aromatic N) is 1. The van der Waals surface area contributed by atoms with Crippen LogP contribution in [-0.4, -0.2) is 49.0 Å². The highest BCUT2D eigenvalue weighted by atomic mass is 35.5. The lowest BCUT2D eigenvalue weighted by Gasteiger charge is -2.30. The second-order valence-corrected chi connectivity index (χ2v) is 7.65. The molecule has 1 aliphatic heterocycles. The lowest BCUT2D eigenvalue weighted by Crippen LogP contribution is -2.42. The molecule has 0 N–H and O–H groups in total. The van der Waals surface area contributed by atoms with Crippen molar-refractivity contribution in [3.8, 4) is 0 Å². The molecule has 1 aromatic heterocycles. The Bertz CT molecular complexity index is 857. The molecule has 8 heteroatoms. The first-order valence-corrected chi connectivity index (χ1v) is 9.99. The Labute approximate surface area is 166 Å². The van der Waals surface area contributed by atoms with E-state index in [1.54, 1.807) is 11.8 Å². The second-order valence-electron chi connectivity index (χ2n) is 6.22. The summed E-state index contributed by atoms with van der Waals surface area (Å²) in [5.74, 6) is -1.26. The standard InChI is InChI=1S/C19H20ClNO5S/c1-2-25-18(23)12-7-9-21(10-8-12)15(22)11-26-19(24)17-16(20)13-5-3-4-6-14(13)27-17/h3-6,12H,2,7-11H2,1H3. The van der Waals surface area contributed by atoms with Gasteiger partial charge in [0.15, 0.2) is 6.61 Å². The van der Waals surface area contributed by atoms with Crippen molar-refractivity contribution in [1.82, 2.24) is 4.90 Å². The van der Waals surface area contributed by atoms with Gasteiger partial charge < -0.3 is 14.4 Å². The highest BCUT2D eigenvalue weighted by molar-refractivity contribution is 7.21. The van der Waals surface area contributed by atoms with E-state index in [1.807, 2.05) is 24.3 Å². The number of benzene rings is 1. The van der Waals surface area contributed by atoms with Crippen molar-refractivity contribution in [2.24, 2.45) is 5.92 Å². The molecule has 1 amide bonds. The number of piperidine rings is 1. The molecule has 0 saturated carbocycles. The molecule has 2 aromatic rings. The van der Waals surface area contributed by atoms with Crippen molar-refractivity contribution in [2.45, 2.75) is 19.8 Å². The fourth-order valence-electron chi connectivity index (χ4n) is 3.05. The van der Waals surface area contributed by atoms with Crippen LogP contribution in [0.2, 0.25) is 5.02 Å². The van der Waals surface area contributed by atoms with E-state index in [9.17, 15) is 14.4 Å². The molecule has 2 heterocycles. The van der Waals surface area contributed by atoms with E-state index >= 15 is 0 Å². The fourth-order valence-corrected chi connectivity index (χ4v) is 4.46. The summed E-state index contributed by atoms with van der Waals surface area (Å²) in [5.41, 5.74) is 0. The van der Waals surface area contributed by atoms with Gasteiger partial charge in [-0.15, -0.1) is 11.3 Å². The topological polar surface area (TPSA) is 72.9 Å². The highest BCUT2D eigenvalue weighted by Gasteiger charge is 2.29. The number of fused-ring (bicyclic) bond motifs is 1. The van der Waals surface area contributed by atoms with E-state index in [2.05, 4.69) is 0 Å². The van der Waals surface area contributed by atoms with Gasteiger partial charge in [0, 0.05) is 23.2 Å². The summed E-state index contributed by atoms with van der Waals surface area (Å²) in [6.07, 6.45) is 1.11. The van der Waals surface area contributed by atoms with E-state index in [-0.39, 0.29) is 24.4 Å². The van der Waals surface area contributed by atoms with Crippen LogP contribution in [0.1, 0.15) is 29.4 Å². The molecule has 0 unspecified atom stereocenters. The summed E-state index contributed by atoms with van der Waals surface area (Å²) in [6.45, 7) is 2.68. The quantitative estimate of drug-likeness (QED) is 0.706. The molecule has 1 saturated heterocycles. The van der Waals surface area contributed by atoms with Crippen molar-refractivity contribution in [2.75, 3.05) is 26.3 Å². The number of hydrogen-bond acceptors (Lipinski definition) is 6. The third kappa shape index (κ3) is 4.42. The second kappa shape index (κ2) is 8.71. The van der Waals surface area contributed by atoms with Gasteiger partial charge >= 0.3 is 11.9 Å². The minimum atomic E-state index is -0.601. The van der Waals surface area contributed by atoms with Crippen LogP contribution in [0.5, 0.6) is 0 Å². The smallest absolute Gasteiger partial charge is 0.350 e. The van der Waals surface area contributed by atoms with E-state index in [1.165, 1.54) is 11.3 Å². The zero-order valence-corrected chi connectivity index (χ0v) is 16.5. The maximum absolute atomic E-state index is 12.3. The number of ether oxygens (including phenoxy) is 2. The van der Waals surface area contributed by atoms with Gasteiger partial charge in [0.05, 0.1) is 17.5 Å². The minimum absolute atomic E-state index is 0.172. The molecular weight excluding hydrogens is 390 g/mol. The van der Waals surface area contributed by atoms with Gasteiger partial charge in [0.25, 0.3) is 5.91 Å². The molecule has 1 fully saturated rings. The van der Waals surface area contributed by atoms with Crippen molar-refractivity contribution >= 4 is 50.9 Å². The maximum Gasteiger partial charge on any atom is 0.350 e. The number of hydrogen-bond donors (Lipinski definition) is 0. The molecule has 0 bridgehead atoms. The summed E-state index contributed by atoms with van der Waals surface area (Å²) in [4.78, 5) is 38.3. The van der Waals surface area contributed by atoms with Gasteiger partial charge in [-0.25, -0.2) is 4.79 Å². The van der Waals surface area contributed by atoms with Gasteiger partial charge in [-0.1, -0.05) is 29.8 Å². The summed E-state index contributed by atoms with van der Waals surface area (Å²) in [6, 6.07) is 7.43. The number of amides is 1. The predicted molar refractivity (Wildman–Crippen MR) is 103 cm³/mol. The summed E-state index contributed by atoms with van der Waals surface area (Å²) >= 11 is 7.50. The van der Waals surface area contributed by atoms with Crippen LogP contribution in [0, 0.1) is 5.92 Å². The van der Waals surface area contributed by atoms with Gasteiger partial charge in [-0.2, -0.15) is 0 Å². The number of esters is 2. The van der Waals surface area contributed by atoms with Crippen LogP contribution in [0.25, 0.3) is 10.1 Å². The Hall–Kier alpha value is -2.12. The molecular formula is C19H20ClNO5S.